The molecule has 1 heterocycles. The molecule has 2 aromatic rings. The summed E-state index contributed by atoms with van der Waals surface area (Å²) in [5.74, 6) is -0.0115. The van der Waals surface area contributed by atoms with Crippen molar-refractivity contribution in [3.63, 3.8) is 0 Å². The van der Waals surface area contributed by atoms with Gasteiger partial charge in [-0.1, -0.05) is 25.0 Å². The highest BCUT2D eigenvalue weighted by molar-refractivity contribution is 5.95. The number of hydrogen-bond acceptors (Lipinski definition) is 4. The van der Waals surface area contributed by atoms with Gasteiger partial charge in [-0.2, -0.15) is 0 Å². The van der Waals surface area contributed by atoms with Crippen molar-refractivity contribution < 1.29 is 18.7 Å². The predicted octanol–water partition coefficient (Wildman–Crippen LogP) is 3.41. The molecule has 0 bridgehead atoms. The predicted molar refractivity (Wildman–Crippen MR) is 121 cm³/mol. The number of carbonyl (C=O) groups is 2. The molecule has 1 aliphatic heterocycles. The Bertz CT molecular complexity index is 957. The Morgan fingerprint density at radius 3 is 2.56 bits per heavy atom. The number of carbonyl (C=O) groups excluding carboxylic acids is 2. The molecule has 2 aliphatic rings. The Kier molecular flexibility index (Phi) is 7.05. The van der Waals surface area contributed by atoms with Gasteiger partial charge >= 0.3 is 0 Å². The highest BCUT2D eigenvalue weighted by Crippen LogP contribution is 2.29. The highest BCUT2D eigenvalue weighted by Gasteiger charge is 2.27. The van der Waals surface area contributed by atoms with Gasteiger partial charge in [-0.3, -0.25) is 14.5 Å². The van der Waals surface area contributed by atoms with Crippen LogP contribution in [0.3, 0.4) is 0 Å². The van der Waals surface area contributed by atoms with E-state index in [1.165, 1.54) is 23.3 Å². The normalized spacial score (nSPS) is 15.6. The lowest BCUT2D eigenvalue weighted by Gasteiger charge is -2.31. The molecular formula is C25H30FN3O3. The van der Waals surface area contributed by atoms with E-state index in [-0.39, 0.29) is 31.2 Å². The molecule has 1 saturated carbocycles. The van der Waals surface area contributed by atoms with Crippen molar-refractivity contribution in [2.75, 3.05) is 24.6 Å². The van der Waals surface area contributed by atoms with Gasteiger partial charge in [0, 0.05) is 37.7 Å². The molecule has 0 radical (unpaired) electrons. The Balaban J connectivity index is 1.52. The minimum atomic E-state index is -0.474. The van der Waals surface area contributed by atoms with Crippen LogP contribution < -0.4 is 15.4 Å². The van der Waals surface area contributed by atoms with Crippen LogP contribution in [0.1, 0.15) is 43.2 Å². The van der Waals surface area contributed by atoms with Crippen LogP contribution in [0.25, 0.3) is 0 Å². The number of anilines is 1. The van der Waals surface area contributed by atoms with E-state index in [0.717, 1.165) is 44.5 Å². The van der Waals surface area contributed by atoms with E-state index in [1.54, 1.807) is 17.0 Å². The largest absolute Gasteiger partial charge is 0.493 e. The molecule has 2 aromatic carbocycles. The Labute approximate surface area is 188 Å². The van der Waals surface area contributed by atoms with Crippen LogP contribution in [-0.2, 0) is 22.6 Å². The minimum absolute atomic E-state index is 0.0529. The molecule has 6 nitrogen and oxygen atoms in total. The number of amides is 2. The molecule has 7 heteroatoms. The topological polar surface area (TPSA) is 75.9 Å². The fraction of sp³-hybridized carbons (Fsp3) is 0.440. The number of ether oxygens (including phenoxy) is 1. The Hall–Kier alpha value is -2.93. The van der Waals surface area contributed by atoms with Gasteiger partial charge in [0.15, 0.2) is 0 Å². The molecule has 32 heavy (non-hydrogen) atoms. The maximum atomic E-state index is 13.4. The monoisotopic (exact) mass is 439 g/mol. The van der Waals surface area contributed by atoms with E-state index < -0.39 is 5.91 Å². The second-order valence-corrected chi connectivity index (χ2v) is 8.62. The van der Waals surface area contributed by atoms with Crippen LogP contribution in [0.2, 0.25) is 0 Å². The van der Waals surface area contributed by atoms with Crippen molar-refractivity contribution in [1.29, 1.82) is 0 Å². The number of benzene rings is 2. The lowest BCUT2D eigenvalue weighted by molar-refractivity contribution is -0.120. The van der Waals surface area contributed by atoms with Gasteiger partial charge in [0.25, 0.3) is 0 Å². The molecule has 0 unspecified atom stereocenters. The fourth-order valence-corrected chi connectivity index (χ4v) is 4.66. The van der Waals surface area contributed by atoms with Gasteiger partial charge in [-0.25, -0.2) is 4.39 Å². The molecule has 0 aromatic heterocycles. The third kappa shape index (κ3) is 5.46. The average Bonchev–Trinajstić information content (AvgIpc) is 3.46. The summed E-state index contributed by atoms with van der Waals surface area (Å²) in [6.45, 7) is 1.80. The lowest BCUT2D eigenvalue weighted by atomic mass is 10.1. The van der Waals surface area contributed by atoms with Crippen LogP contribution in [0, 0.1) is 5.82 Å². The summed E-state index contributed by atoms with van der Waals surface area (Å²) in [5.41, 5.74) is 8.28. The van der Waals surface area contributed by atoms with Gasteiger partial charge < -0.3 is 15.4 Å². The average molecular weight is 440 g/mol. The summed E-state index contributed by atoms with van der Waals surface area (Å²) in [6, 6.07) is 12.4. The molecule has 4 rings (SSSR count). The summed E-state index contributed by atoms with van der Waals surface area (Å²) in [4.78, 5) is 28.6. The van der Waals surface area contributed by atoms with Crippen molar-refractivity contribution in [3.8, 4) is 5.75 Å². The Morgan fingerprint density at radius 1 is 1.09 bits per heavy atom. The van der Waals surface area contributed by atoms with Crippen molar-refractivity contribution in [3.05, 3.63) is 59.4 Å². The van der Waals surface area contributed by atoms with Gasteiger partial charge in [-0.05, 0) is 54.3 Å². The first-order valence-corrected chi connectivity index (χ1v) is 11.3. The van der Waals surface area contributed by atoms with Gasteiger partial charge in [0.05, 0.1) is 13.2 Å². The smallest absolute Gasteiger partial charge is 0.241 e. The van der Waals surface area contributed by atoms with E-state index in [1.807, 2.05) is 6.07 Å². The van der Waals surface area contributed by atoms with Crippen molar-refractivity contribution in [2.45, 2.75) is 51.1 Å². The van der Waals surface area contributed by atoms with Crippen LogP contribution in [0.5, 0.6) is 5.75 Å². The van der Waals surface area contributed by atoms with Crippen LogP contribution in [0.4, 0.5) is 10.1 Å². The number of nitrogens with zero attached hydrogens (tertiary/aromatic N) is 2. The fourth-order valence-electron chi connectivity index (χ4n) is 4.66. The van der Waals surface area contributed by atoms with Crippen molar-refractivity contribution >= 4 is 17.5 Å². The minimum Gasteiger partial charge on any atom is -0.493 e. The maximum absolute atomic E-state index is 13.4. The van der Waals surface area contributed by atoms with E-state index in [0.29, 0.717) is 18.3 Å². The number of fused-ring (bicyclic) bond motifs is 1. The number of primary amides is 1. The highest BCUT2D eigenvalue weighted by atomic mass is 19.1. The second-order valence-electron chi connectivity index (χ2n) is 8.62. The van der Waals surface area contributed by atoms with Crippen molar-refractivity contribution in [2.24, 2.45) is 5.73 Å². The Morgan fingerprint density at radius 2 is 1.84 bits per heavy atom. The second kappa shape index (κ2) is 10.1. The number of hydrogen-bond donors (Lipinski definition) is 1. The third-order valence-corrected chi connectivity index (χ3v) is 6.34. The van der Waals surface area contributed by atoms with E-state index in [2.05, 4.69) is 17.0 Å². The van der Waals surface area contributed by atoms with Gasteiger partial charge in [0.2, 0.25) is 11.8 Å². The molecule has 170 valence electrons. The maximum Gasteiger partial charge on any atom is 0.241 e. The zero-order chi connectivity index (χ0) is 22.5. The van der Waals surface area contributed by atoms with Crippen LogP contribution >= 0.6 is 0 Å². The van der Waals surface area contributed by atoms with Crippen LogP contribution in [-0.4, -0.2) is 42.5 Å². The molecule has 2 amide bonds. The summed E-state index contributed by atoms with van der Waals surface area (Å²) >= 11 is 0. The first-order valence-electron chi connectivity index (χ1n) is 11.3. The molecular weight excluding hydrogens is 409 g/mol. The zero-order valence-corrected chi connectivity index (χ0v) is 18.3. The summed E-state index contributed by atoms with van der Waals surface area (Å²) in [6.07, 6.45) is 5.43. The number of nitrogens with two attached hydrogens (primary N) is 1. The van der Waals surface area contributed by atoms with E-state index in [9.17, 15) is 14.0 Å². The molecule has 0 spiro atoms. The van der Waals surface area contributed by atoms with Crippen LogP contribution in [0.15, 0.2) is 42.5 Å². The number of rotatable bonds is 9. The first-order chi connectivity index (χ1) is 15.5. The third-order valence-electron chi connectivity index (χ3n) is 6.34. The molecule has 2 N–H and O–H groups in total. The first kappa shape index (κ1) is 22.3. The molecule has 1 aliphatic carbocycles. The molecule has 0 saturated heterocycles. The van der Waals surface area contributed by atoms with Gasteiger partial charge in [0.1, 0.15) is 11.6 Å². The number of halogens is 1. The molecule has 1 fully saturated rings. The van der Waals surface area contributed by atoms with Gasteiger partial charge in [-0.15, -0.1) is 0 Å². The molecule has 0 atom stereocenters. The summed E-state index contributed by atoms with van der Waals surface area (Å²) in [5, 5.41) is 0. The standard InChI is InChI=1S/C25H30FN3O3/c26-20-6-8-22(9-7-20)29(13-11-24(27)30)25(31)17-28(21-3-1-2-4-21)16-18-5-10-23-19(15-18)12-14-32-23/h5-10,15,21H,1-4,11-14,16-17H2,(H2,27,30). The lowest BCUT2D eigenvalue weighted by Crippen LogP contribution is -2.44. The van der Waals surface area contributed by atoms with Crippen molar-refractivity contribution in [1.82, 2.24) is 4.90 Å². The summed E-state index contributed by atoms with van der Waals surface area (Å²) in [7, 11) is 0. The summed E-state index contributed by atoms with van der Waals surface area (Å²) < 4.78 is 19.0. The SMILES string of the molecule is NC(=O)CCN(C(=O)CN(Cc1ccc2c(c1)CCO2)C1CCCC1)c1ccc(F)cc1. The zero-order valence-electron chi connectivity index (χ0n) is 18.3. The quantitative estimate of drug-likeness (QED) is 0.650. The van der Waals surface area contributed by atoms with E-state index in [4.69, 9.17) is 10.5 Å². The van der Waals surface area contributed by atoms with E-state index >= 15 is 0 Å².